The minimum absolute atomic E-state index is 0.0307. The predicted molar refractivity (Wildman–Crippen MR) is 215 cm³/mol. The van der Waals surface area contributed by atoms with Gasteiger partial charge in [0.2, 0.25) is 29.5 Å². The van der Waals surface area contributed by atoms with E-state index in [-0.39, 0.29) is 38.2 Å². The summed E-state index contributed by atoms with van der Waals surface area (Å²) in [4.78, 5) is 102. The van der Waals surface area contributed by atoms with Gasteiger partial charge in [-0.1, -0.05) is 52.3 Å². The van der Waals surface area contributed by atoms with E-state index in [2.05, 4.69) is 46.9 Å². The fourth-order valence-corrected chi connectivity index (χ4v) is 6.17. The molecule has 0 aliphatic rings. The first-order valence-corrected chi connectivity index (χ1v) is 19.2. The number of aliphatic carboxylic acids is 2. The zero-order valence-corrected chi connectivity index (χ0v) is 33.5. The van der Waals surface area contributed by atoms with Crippen LogP contribution in [0.5, 0.6) is 0 Å². The van der Waals surface area contributed by atoms with Gasteiger partial charge in [-0.15, -0.1) is 0 Å². The monoisotopic (exact) mass is 824 g/mol. The molecule has 59 heavy (non-hydrogen) atoms. The van der Waals surface area contributed by atoms with Crippen molar-refractivity contribution in [1.29, 1.82) is 5.41 Å². The minimum atomic E-state index is -1.73. The Kier molecular flexibility index (Phi) is 17.8. The van der Waals surface area contributed by atoms with Crippen molar-refractivity contribution in [3.8, 4) is 0 Å². The van der Waals surface area contributed by atoms with Gasteiger partial charge in [0.05, 0.1) is 24.5 Å². The Morgan fingerprint density at radius 3 is 2.05 bits per heavy atom. The van der Waals surface area contributed by atoms with Crippen LogP contribution in [0.25, 0.3) is 10.9 Å². The quantitative estimate of drug-likeness (QED) is 0.0292. The van der Waals surface area contributed by atoms with Crippen molar-refractivity contribution in [2.24, 2.45) is 23.3 Å². The maximum atomic E-state index is 13.8. The molecule has 3 rings (SSSR count). The normalized spacial score (nSPS) is 14.7. The molecule has 0 fully saturated rings. The lowest BCUT2D eigenvalue weighted by atomic mass is 9.95. The van der Waals surface area contributed by atoms with Crippen molar-refractivity contribution in [3.05, 3.63) is 54.2 Å². The Morgan fingerprint density at radius 1 is 0.814 bits per heavy atom. The third kappa shape index (κ3) is 14.4. The van der Waals surface area contributed by atoms with Crippen LogP contribution in [0, 0.1) is 17.2 Å². The molecule has 1 aromatic carbocycles. The minimum Gasteiger partial charge on any atom is -0.481 e. The number of imidazole rings is 1. The molecule has 0 aliphatic carbocycles. The summed E-state index contributed by atoms with van der Waals surface area (Å²) in [5.74, 6) is -8.44. The van der Waals surface area contributed by atoms with Gasteiger partial charge in [-0.25, -0.2) is 9.78 Å². The largest absolute Gasteiger partial charge is 0.481 e. The lowest BCUT2D eigenvalue weighted by Crippen LogP contribution is -2.61. The first kappa shape index (κ1) is 46.9. The smallest absolute Gasteiger partial charge is 0.326 e. The van der Waals surface area contributed by atoms with Gasteiger partial charge in [-0.05, 0) is 36.3 Å². The molecule has 0 spiro atoms. The maximum Gasteiger partial charge on any atom is 0.326 e. The average Bonchev–Trinajstić information content (AvgIpc) is 3.85. The number of carbonyl (C=O) groups excluding carboxylic acids is 5. The van der Waals surface area contributed by atoms with Gasteiger partial charge in [0.15, 0.2) is 5.96 Å². The molecule has 0 unspecified atom stereocenters. The van der Waals surface area contributed by atoms with Crippen molar-refractivity contribution in [2.45, 2.75) is 102 Å². The third-order valence-corrected chi connectivity index (χ3v) is 9.70. The Hall–Kier alpha value is -6.51. The molecule has 3 aromatic rings. The molecule has 21 nitrogen and oxygen atoms in total. The van der Waals surface area contributed by atoms with E-state index < -0.39 is 96.0 Å². The summed E-state index contributed by atoms with van der Waals surface area (Å²) < 4.78 is 0. The molecule has 0 radical (unpaired) electrons. The van der Waals surface area contributed by atoms with E-state index in [0.29, 0.717) is 17.7 Å². The number of aromatic amines is 2. The molecule has 0 bridgehead atoms. The Morgan fingerprint density at radius 2 is 1.44 bits per heavy atom. The number of nitrogens with two attached hydrogens (primary N) is 2. The molecular formula is C38H56N12O9. The van der Waals surface area contributed by atoms with Crippen molar-refractivity contribution in [2.75, 3.05) is 6.54 Å². The molecule has 0 saturated carbocycles. The fraction of sp³-hybridized carbons (Fsp3) is 0.500. The SMILES string of the molecule is CC[C@H](C)[C@H](NC(=O)[C@@H](NC(=O)[C@H](CC(=O)O)NC(=O)[C@H](CCCNC(=N)N)NC(=O)[C@H](N)Cc1c[nH]cn1)C(C)C)C(=O)N[C@@H](Cc1c[nH]c2ccccc12)C(=O)O. The van der Waals surface area contributed by atoms with Crippen LogP contribution in [0.4, 0.5) is 0 Å². The molecule has 2 heterocycles. The zero-order valence-electron chi connectivity index (χ0n) is 33.5. The number of H-pyrrole nitrogens is 2. The summed E-state index contributed by atoms with van der Waals surface area (Å²) in [6.45, 7) is 6.82. The highest BCUT2D eigenvalue weighted by atomic mass is 16.4. The first-order chi connectivity index (χ1) is 27.9. The third-order valence-electron chi connectivity index (χ3n) is 9.70. The number of carbonyl (C=O) groups is 7. The molecule has 0 aliphatic heterocycles. The number of carboxylic acids is 2. The van der Waals surface area contributed by atoms with Crippen LogP contribution in [-0.2, 0) is 46.4 Å². The van der Waals surface area contributed by atoms with E-state index in [0.717, 1.165) is 10.9 Å². The number of hydrogen-bond donors (Lipinski definition) is 13. The molecule has 0 saturated heterocycles. The highest BCUT2D eigenvalue weighted by molar-refractivity contribution is 5.97. The van der Waals surface area contributed by atoms with Crippen molar-refractivity contribution in [3.63, 3.8) is 0 Å². The number of hydrogen-bond acceptors (Lipinski definition) is 10. The molecule has 21 heteroatoms. The average molecular weight is 825 g/mol. The molecular weight excluding hydrogens is 768 g/mol. The molecule has 5 amide bonds. The number of nitrogens with one attached hydrogen (secondary N) is 9. The maximum absolute atomic E-state index is 13.8. The van der Waals surface area contributed by atoms with Crippen LogP contribution in [0.15, 0.2) is 43.0 Å². The summed E-state index contributed by atoms with van der Waals surface area (Å²) in [5.41, 5.74) is 13.3. The van der Waals surface area contributed by atoms with Crippen LogP contribution in [-0.4, -0.2) is 115 Å². The van der Waals surface area contributed by atoms with Gasteiger partial charge >= 0.3 is 11.9 Å². The molecule has 15 N–H and O–H groups in total. The van der Waals surface area contributed by atoms with Crippen LogP contribution >= 0.6 is 0 Å². The second-order valence-electron chi connectivity index (χ2n) is 14.6. The number of aromatic nitrogens is 3. The topological polar surface area (TPSA) is 352 Å². The van der Waals surface area contributed by atoms with Crippen molar-refractivity contribution < 1.29 is 43.8 Å². The van der Waals surface area contributed by atoms with Gasteiger partial charge < -0.3 is 63.5 Å². The summed E-state index contributed by atoms with van der Waals surface area (Å²) >= 11 is 0. The summed E-state index contributed by atoms with van der Waals surface area (Å²) in [5, 5.41) is 43.0. The molecule has 7 atom stereocenters. The van der Waals surface area contributed by atoms with Crippen LogP contribution in [0.2, 0.25) is 0 Å². The number of amides is 5. The highest BCUT2D eigenvalue weighted by Crippen LogP contribution is 2.20. The number of benzene rings is 1. The number of nitrogens with zero attached hydrogens (tertiary/aromatic N) is 1. The van der Waals surface area contributed by atoms with E-state index >= 15 is 0 Å². The Bertz CT molecular complexity index is 1930. The van der Waals surface area contributed by atoms with Crippen molar-refractivity contribution in [1.82, 2.24) is 46.9 Å². The second kappa shape index (κ2) is 22.4. The van der Waals surface area contributed by atoms with E-state index in [1.807, 2.05) is 24.3 Å². The molecule has 2 aromatic heterocycles. The zero-order chi connectivity index (χ0) is 43.8. The summed E-state index contributed by atoms with van der Waals surface area (Å²) in [6.07, 6.45) is 4.28. The highest BCUT2D eigenvalue weighted by Gasteiger charge is 2.36. The summed E-state index contributed by atoms with van der Waals surface area (Å²) in [6, 6.07) is -0.788. The number of fused-ring (bicyclic) bond motifs is 1. The van der Waals surface area contributed by atoms with Crippen LogP contribution < -0.4 is 43.4 Å². The van der Waals surface area contributed by atoms with E-state index in [1.54, 1.807) is 40.1 Å². The Labute approximate surface area is 340 Å². The van der Waals surface area contributed by atoms with E-state index in [9.17, 15) is 43.8 Å². The van der Waals surface area contributed by atoms with Crippen LogP contribution in [0.3, 0.4) is 0 Å². The Balaban J connectivity index is 1.76. The second-order valence-corrected chi connectivity index (χ2v) is 14.6. The van der Waals surface area contributed by atoms with Gasteiger partial charge in [0.25, 0.3) is 0 Å². The van der Waals surface area contributed by atoms with E-state index in [4.69, 9.17) is 16.9 Å². The number of guanidine groups is 1. The number of rotatable bonds is 24. The number of para-hydroxylation sites is 1. The fourth-order valence-electron chi connectivity index (χ4n) is 6.17. The number of carboxylic acid groups (broad SMARTS) is 2. The van der Waals surface area contributed by atoms with Gasteiger partial charge in [-0.2, -0.15) is 0 Å². The van der Waals surface area contributed by atoms with Crippen LogP contribution in [0.1, 0.15) is 64.6 Å². The lowest BCUT2D eigenvalue weighted by molar-refractivity contribution is -0.142. The van der Waals surface area contributed by atoms with Crippen molar-refractivity contribution >= 4 is 58.3 Å². The van der Waals surface area contributed by atoms with Gasteiger partial charge in [0.1, 0.15) is 30.2 Å². The standard InChI is InChI=1S/C38H56N12O9/c1-5-20(4)31(36(57)48-28(37(58)59)13-21-16-44-25-10-7-6-9-23(21)25)50-35(56)30(19(2)3)49-34(55)27(15-29(51)52)47-33(54)26(11-8-12-43-38(40)41)46-32(53)24(39)14-22-17-42-18-45-22/h6-7,9-10,16-20,24,26-28,30-31,44H,5,8,11-15,39H2,1-4H3,(H,42,45)(H,46,53)(H,47,54)(H,48,57)(H,49,55)(H,50,56)(H,51,52)(H,58,59)(H4,40,41,43)/t20-,24+,26-,27-,28-,30-,31-/m0/s1. The first-order valence-electron chi connectivity index (χ1n) is 19.2. The molecule has 322 valence electrons. The lowest BCUT2D eigenvalue weighted by Gasteiger charge is -2.30. The van der Waals surface area contributed by atoms with Gasteiger partial charge in [-0.3, -0.25) is 34.2 Å². The van der Waals surface area contributed by atoms with E-state index in [1.165, 1.54) is 6.33 Å². The van der Waals surface area contributed by atoms with Gasteiger partial charge in [0, 0.05) is 42.7 Å². The summed E-state index contributed by atoms with van der Waals surface area (Å²) in [7, 11) is 0. The predicted octanol–water partition coefficient (Wildman–Crippen LogP) is -1.05.